The molecule has 0 spiro atoms. The van der Waals surface area contributed by atoms with Crippen molar-refractivity contribution in [2.45, 2.75) is 57.9 Å². The smallest absolute Gasteiger partial charge is 0.127 e. The molecule has 0 aromatic heterocycles. The minimum absolute atomic E-state index is 0.0855. The third-order valence-electron chi connectivity index (χ3n) is 4.34. The van der Waals surface area contributed by atoms with Gasteiger partial charge in [0.05, 0.1) is 0 Å². The van der Waals surface area contributed by atoms with Gasteiger partial charge >= 0.3 is 0 Å². The molecule has 1 atom stereocenters. The molecule has 0 saturated heterocycles. The normalized spacial score (nSPS) is 17.8. The zero-order valence-corrected chi connectivity index (χ0v) is 12.0. The van der Waals surface area contributed by atoms with E-state index in [2.05, 4.69) is 12.2 Å². The third kappa shape index (κ3) is 4.31. The highest BCUT2D eigenvalue weighted by Gasteiger charge is 2.15. The molecular weight excluding hydrogens is 237 g/mol. The Bertz CT molecular complexity index is 371. The van der Waals surface area contributed by atoms with Crippen molar-refractivity contribution in [2.24, 2.45) is 5.92 Å². The Morgan fingerprint density at radius 2 is 2.00 bits per heavy atom. The molecule has 19 heavy (non-hydrogen) atoms. The van der Waals surface area contributed by atoms with Gasteiger partial charge in [0.25, 0.3) is 0 Å². The number of hydrogen-bond acceptors (Lipinski definition) is 1. The molecule has 1 aliphatic rings. The van der Waals surface area contributed by atoms with E-state index < -0.39 is 0 Å². The fraction of sp³-hybridized carbons (Fsp3) is 0.647. The predicted molar refractivity (Wildman–Crippen MR) is 78.6 cm³/mol. The molecular formula is C17H26FN. The second-order valence-electron chi connectivity index (χ2n) is 5.73. The van der Waals surface area contributed by atoms with Crippen LogP contribution in [0.2, 0.25) is 0 Å². The maximum Gasteiger partial charge on any atom is 0.127 e. The molecule has 2 rings (SSSR count). The van der Waals surface area contributed by atoms with Crippen LogP contribution in [-0.2, 0) is 0 Å². The Balaban J connectivity index is 1.74. The van der Waals surface area contributed by atoms with Crippen molar-refractivity contribution in [3.05, 3.63) is 35.6 Å². The van der Waals surface area contributed by atoms with Crippen LogP contribution in [0.15, 0.2) is 24.3 Å². The summed E-state index contributed by atoms with van der Waals surface area (Å²) in [4.78, 5) is 0. The topological polar surface area (TPSA) is 12.0 Å². The summed E-state index contributed by atoms with van der Waals surface area (Å²) in [5.41, 5.74) is 0.811. The van der Waals surface area contributed by atoms with Crippen molar-refractivity contribution in [3.63, 3.8) is 0 Å². The first-order valence-electron chi connectivity index (χ1n) is 7.79. The van der Waals surface area contributed by atoms with Crippen LogP contribution in [0.1, 0.15) is 63.5 Å². The van der Waals surface area contributed by atoms with E-state index in [1.54, 1.807) is 12.1 Å². The summed E-state index contributed by atoms with van der Waals surface area (Å²) in [7, 11) is 0. The Kier molecular flexibility index (Phi) is 5.84. The van der Waals surface area contributed by atoms with Crippen LogP contribution in [0.4, 0.5) is 4.39 Å². The van der Waals surface area contributed by atoms with E-state index in [1.807, 2.05) is 12.1 Å². The van der Waals surface area contributed by atoms with Crippen LogP contribution in [0, 0.1) is 11.7 Å². The zero-order valence-electron chi connectivity index (χ0n) is 12.0. The largest absolute Gasteiger partial charge is 0.310 e. The summed E-state index contributed by atoms with van der Waals surface area (Å²) in [6.45, 7) is 3.12. The molecule has 1 aromatic carbocycles. The Labute approximate surface area is 116 Å². The van der Waals surface area contributed by atoms with Crippen LogP contribution < -0.4 is 5.32 Å². The summed E-state index contributed by atoms with van der Waals surface area (Å²) in [5.74, 6) is 0.869. The fourth-order valence-electron chi connectivity index (χ4n) is 3.20. The molecule has 0 radical (unpaired) electrons. The molecule has 1 aromatic rings. The maximum atomic E-state index is 13.7. The lowest BCUT2D eigenvalue weighted by molar-refractivity contribution is 0.436. The van der Waals surface area contributed by atoms with Crippen molar-refractivity contribution >= 4 is 0 Å². The zero-order chi connectivity index (χ0) is 13.5. The van der Waals surface area contributed by atoms with Gasteiger partial charge in [-0.3, -0.25) is 0 Å². The van der Waals surface area contributed by atoms with Crippen LogP contribution in [0.25, 0.3) is 0 Å². The summed E-state index contributed by atoms with van der Waals surface area (Å²) >= 11 is 0. The molecule has 1 aliphatic carbocycles. The monoisotopic (exact) mass is 263 g/mol. The molecule has 2 heteroatoms. The van der Waals surface area contributed by atoms with Gasteiger partial charge in [-0.05, 0) is 37.8 Å². The van der Waals surface area contributed by atoms with E-state index in [0.29, 0.717) is 0 Å². The first-order chi connectivity index (χ1) is 9.31. The first-order valence-corrected chi connectivity index (χ1v) is 7.79. The number of hydrogen-bond donors (Lipinski definition) is 1. The highest BCUT2D eigenvalue weighted by atomic mass is 19.1. The van der Waals surface area contributed by atoms with Gasteiger partial charge in [0, 0.05) is 11.6 Å². The summed E-state index contributed by atoms with van der Waals surface area (Å²) in [5, 5.41) is 3.51. The highest BCUT2D eigenvalue weighted by Crippen LogP contribution is 2.28. The predicted octanol–water partition coefficient (Wildman–Crippen LogP) is 4.84. The SMILES string of the molecule is CCC(NCCCC1CCCC1)c1ccccc1F. The standard InChI is InChI=1S/C17H26FN/c1-2-17(15-11-5-6-12-16(15)18)19-13-7-10-14-8-3-4-9-14/h5-6,11-12,14,17,19H,2-4,7-10,13H2,1H3. The second kappa shape index (κ2) is 7.64. The van der Waals surface area contributed by atoms with Crippen molar-refractivity contribution < 1.29 is 4.39 Å². The van der Waals surface area contributed by atoms with Crippen molar-refractivity contribution in [1.29, 1.82) is 0 Å². The number of nitrogens with one attached hydrogen (secondary N) is 1. The van der Waals surface area contributed by atoms with Crippen molar-refractivity contribution in [2.75, 3.05) is 6.54 Å². The van der Waals surface area contributed by atoms with Crippen LogP contribution >= 0.6 is 0 Å². The van der Waals surface area contributed by atoms with Gasteiger partial charge in [0.2, 0.25) is 0 Å². The van der Waals surface area contributed by atoms with Crippen LogP contribution in [0.3, 0.4) is 0 Å². The molecule has 1 saturated carbocycles. The lowest BCUT2D eigenvalue weighted by Gasteiger charge is -2.18. The van der Waals surface area contributed by atoms with E-state index in [4.69, 9.17) is 0 Å². The summed E-state index contributed by atoms with van der Waals surface area (Å²) in [6.07, 6.45) is 9.17. The molecule has 0 bridgehead atoms. The summed E-state index contributed by atoms with van der Waals surface area (Å²) < 4.78 is 13.7. The van der Waals surface area contributed by atoms with Crippen LogP contribution in [-0.4, -0.2) is 6.54 Å². The Hall–Kier alpha value is -0.890. The van der Waals surface area contributed by atoms with Gasteiger partial charge in [0.1, 0.15) is 5.82 Å². The average molecular weight is 263 g/mol. The number of benzene rings is 1. The van der Waals surface area contributed by atoms with Crippen molar-refractivity contribution in [3.8, 4) is 0 Å². The van der Waals surface area contributed by atoms with Gasteiger partial charge in [-0.2, -0.15) is 0 Å². The number of rotatable bonds is 7. The first kappa shape index (κ1) is 14.5. The molecule has 1 nitrogen and oxygen atoms in total. The van der Waals surface area contributed by atoms with E-state index in [0.717, 1.165) is 24.4 Å². The maximum absolute atomic E-state index is 13.7. The minimum Gasteiger partial charge on any atom is -0.310 e. The lowest BCUT2D eigenvalue weighted by Crippen LogP contribution is -2.23. The Morgan fingerprint density at radius 3 is 2.68 bits per heavy atom. The van der Waals surface area contributed by atoms with Crippen molar-refractivity contribution in [1.82, 2.24) is 5.32 Å². The van der Waals surface area contributed by atoms with Gasteiger partial charge in [-0.1, -0.05) is 50.8 Å². The second-order valence-corrected chi connectivity index (χ2v) is 5.73. The van der Waals surface area contributed by atoms with Gasteiger partial charge in [-0.15, -0.1) is 0 Å². The van der Waals surface area contributed by atoms with E-state index in [1.165, 1.54) is 38.5 Å². The Morgan fingerprint density at radius 1 is 1.26 bits per heavy atom. The lowest BCUT2D eigenvalue weighted by atomic mass is 10.0. The molecule has 0 heterocycles. The molecule has 0 amide bonds. The van der Waals surface area contributed by atoms with E-state index >= 15 is 0 Å². The minimum atomic E-state index is -0.0855. The van der Waals surface area contributed by atoms with Gasteiger partial charge < -0.3 is 5.32 Å². The fourth-order valence-corrected chi connectivity index (χ4v) is 3.20. The van der Waals surface area contributed by atoms with E-state index in [-0.39, 0.29) is 11.9 Å². The average Bonchev–Trinajstić information content (AvgIpc) is 2.93. The third-order valence-corrected chi connectivity index (χ3v) is 4.34. The van der Waals surface area contributed by atoms with Crippen LogP contribution in [0.5, 0.6) is 0 Å². The van der Waals surface area contributed by atoms with E-state index in [9.17, 15) is 4.39 Å². The highest BCUT2D eigenvalue weighted by molar-refractivity contribution is 5.20. The number of halogens is 1. The molecule has 1 unspecified atom stereocenters. The van der Waals surface area contributed by atoms with Gasteiger partial charge in [-0.25, -0.2) is 4.39 Å². The molecule has 0 aliphatic heterocycles. The molecule has 1 fully saturated rings. The summed E-state index contributed by atoms with van der Waals surface area (Å²) in [6, 6.07) is 7.28. The molecule has 1 N–H and O–H groups in total. The quantitative estimate of drug-likeness (QED) is 0.694. The molecule has 106 valence electrons. The van der Waals surface area contributed by atoms with Gasteiger partial charge in [0.15, 0.2) is 0 Å².